The van der Waals surface area contributed by atoms with E-state index < -0.39 is 0 Å². The number of nitriles is 1. The Kier molecular flexibility index (Phi) is 4.73. The second-order valence-electron chi connectivity index (χ2n) is 6.70. The number of carbonyl (C=O) groups is 1. The monoisotopic (exact) mass is 377 g/mol. The summed E-state index contributed by atoms with van der Waals surface area (Å²) < 4.78 is 2.04. The highest BCUT2D eigenvalue weighted by atomic mass is 32.1. The molecule has 3 aromatic rings. The zero-order valence-corrected chi connectivity index (χ0v) is 15.8. The number of nitrogens with one attached hydrogen (secondary N) is 1. The van der Waals surface area contributed by atoms with Crippen LogP contribution in [0.15, 0.2) is 36.4 Å². The third kappa shape index (κ3) is 3.62. The second kappa shape index (κ2) is 7.33. The quantitative estimate of drug-likeness (QED) is 0.757. The zero-order valence-electron chi connectivity index (χ0n) is 15.0. The number of hydrogen-bond acceptors (Lipinski definition) is 5. The van der Waals surface area contributed by atoms with Crippen molar-refractivity contribution in [2.45, 2.75) is 32.9 Å². The minimum atomic E-state index is -0.0501. The maximum absolute atomic E-state index is 12.6. The van der Waals surface area contributed by atoms with Crippen LogP contribution in [-0.4, -0.2) is 20.7 Å². The number of hydrogen-bond donors (Lipinski definition) is 1. The highest BCUT2D eigenvalue weighted by molar-refractivity contribution is 7.16. The van der Waals surface area contributed by atoms with Crippen LogP contribution in [0.3, 0.4) is 0 Å². The summed E-state index contributed by atoms with van der Waals surface area (Å²) in [5.41, 5.74) is 2.11. The fourth-order valence-electron chi connectivity index (χ4n) is 3.40. The molecule has 0 saturated carbocycles. The van der Waals surface area contributed by atoms with E-state index in [9.17, 15) is 4.79 Å². The number of aryl methyl sites for hydroxylation is 2. The van der Waals surface area contributed by atoms with Gasteiger partial charge in [-0.3, -0.25) is 4.79 Å². The number of benzene rings is 1. The molecule has 1 amide bonds. The standard InChI is InChI=1S/C20H19N5OS/c1-13-23-24-19-8-5-16(12-25(13)19)20(26)22-11-14-3-2-4-15(9-14)18-7-6-17(10-21)27-18/h2-4,6-7,9,16H,5,8,11-12H2,1H3,(H,22,26)/t16-/m1/s1. The van der Waals surface area contributed by atoms with Gasteiger partial charge < -0.3 is 9.88 Å². The Morgan fingerprint density at radius 3 is 3.07 bits per heavy atom. The van der Waals surface area contributed by atoms with Gasteiger partial charge in [-0.15, -0.1) is 21.5 Å². The summed E-state index contributed by atoms with van der Waals surface area (Å²) >= 11 is 1.47. The summed E-state index contributed by atoms with van der Waals surface area (Å²) in [5, 5.41) is 20.3. The molecule has 0 saturated heterocycles. The summed E-state index contributed by atoms with van der Waals surface area (Å²) in [6.45, 7) is 3.06. The van der Waals surface area contributed by atoms with Crippen LogP contribution < -0.4 is 5.32 Å². The van der Waals surface area contributed by atoms with Gasteiger partial charge in [-0.2, -0.15) is 5.26 Å². The van der Waals surface area contributed by atoms with E-state index in [1.54, 1.807) is 0 Å². The Balaban J connectivity index is 1.40. The van der Waals surface area contributed by atoms with Crippen molar-refractivity contribution in [3.63, 3.8) is 0 Å². The number of thiophene rings is 1. The van der Waals surface area contributed by atoms with Gasteiger partial charge in [-0.1, -0.05) is 18.2 Å². The summed E-state index contributed by atoms with van der Waals surface area (Å²) in [6.07, 6.45) is 1.59. The van der Waals surface area contributed by atoms with Gasteiger partial charge in [0, 0.05) is 24.4 Å². The topological polar surface area (TPSA) is 83.6 Å². The van der Waals surface area contributed by atoms with Gasteiger partial charge in [0.15, 0.2) is 0 Å². The first kappa shape index (κ1) is 17.4. The minimum Gasteiger partial charge on any atom is -0.352 e. The van der Waals surface area contributed by atoms with Gasteiger partial charge in [0.1, 0.15) is 22.6 Å². The first-order valence-corrected chi connectivity index (χ1v) is 9.71. The van der Waals surface area contributed by atoms with Gasteiger partial charge in [0.05, 0.1) is 5.92 Å². The van der Waals surface area contributed by atoms with Crippen molar-refractivity contribution < 1.29 is 4.79 Å². The molecule has 7 heteroatoms. The summed E-state index contributed by atoms with van der Waals surface area (Å²) in [7, 11) is 0. The molecule has 4 rings (SSSR count). The van der Waals surface area contributed by atoms with E-state index in [4.69, 9.17) is 5.26 Å². The molecule has 27 heavy (non-hydrogen) atoms. The van der Waals surface area contributed by atoms with Crippen LogP contribution in [0.5, 0.6) is 0 Å². The predicted molar refractivity (Wildman–Crippen MR) is 103 cm³/mol. The average molecular weight is 377 g/mol. The number of nitrogens with zero attached hydrogens (tertiary/aromatic N) is 4. The number of rotatable bonds is 4. The molecule has 1 atom stereocenters. The first-order chi connectivity index (χ1) is 13.1. The summed E-state index contributed by atoms with van der Waals surface area (Å²) in [5.74, 6) is 1.85. The van der Waals surface area contributed by atoms with Crippen LogP contribution in [0, 0.1) is 24.2 Å². The molecule has 0 unspecified atom stereocenters. The second-order valence-corrected chi connectivity index (χ2v) is 7.79. The fraction of sp³-hybridized carbons (Fsp3) is 0.300. The molecule has 1 aliphatic heterocycles. The van der Waals surface area contributed by atoms with Gasteiger partial charge >= 0.3 is 0 Å². The highest BCUT2D eigenvalue weighted by Crippen LogP contribution is 2.28. The lowest BCUT2D eigenvalue weighted by molar-refractivity contribution is -0.126. The SMILES string of the molecule is Cc1nnc2n1C[C@H](C(=O)NCc1cccc(-c3ccc(C#N)s3)c1)CC2. The number of fused-ring (bicyclic) bond motifs is 1. The fourth-order valence-corrected chi connectivity index (χ4v) is 4.20. The lowest BCUT2D eigenvalue weighted by atomic mass is 9.98. The molecular weight excluding hydrogens is 358 g/mol. The maximum atomic E-state index is 12.6. The van der Waals surface area contributed by atoms with Crippen molar-refractivity contribution >= 4 is 17.2 Å². The third-order valence-electron chi connectivity index (χ3n) is 4.90. The summed E-state index contributed by atoms with van der Waals surface area (Å²) in [4.78, 5) is 14.4. The van der Waals surface area contributed by atoms with Crippen LogP contribution in [0.25, 0.3) is 10.4 Å². The average Bonchev–Trinajstić information content (AvgIpc) is 3.33. The van der Waals surface area contributed by atoms with E-state index in [1.165, 1.54) is 11.3 Å². The highest BCUT2D eigenvalue weighted by Gasteiger charge is 2.26. The van der Waals surface area contributed by atoms with Crippen LogP contribution in [0.4, 0.5) is 0 Å². The smallest absolute Gasteiger partial charge is 0.225 e. The van der Waals surface area contributed by atoms with E-state index >= 15 is 0 Å². The lowest BCUT2D eigenvalue weighted by Crippen LogP contribution is -2.36. The number of aromatic nitrogens is 3. The predicted octanol–water partition coefficient (Wildman–Crippen LogP) is 3.07. The van der Waals surface area contributed by atoms with Gasteiger partial charge in [-0.05, 0) is 42.7 Å². The van der Waals surface area contributed by atoms with Gasteiger partial charge in [0.2, 0.25) is 5.91 Å². The molecule has 0 bridgehead atoms. The lowest BCUT2D eigenvalue weighted by Gasteiger charge is -2.23. The molecule has 3 heterocycles. The molecule has 0 aliphatic carbocycles. The van der Waals surface area contributed by atoms with Gasteiger partial charge in [-0.25, -0.2) is 0 Å². The largest absolute Gasteiger partial charge is 0.352 e. The third-order valence-corrected chi connectivity index (χ3v) is 5.94. The first-order valence-electron chi connectivity index (χ1n) is 8.89. The van der Waals surface area contributed by atoms with E-state index in [0.29, 0.717) is 18.0 Å². The van der Waals surface area contributed by atoms with E-state index in [0.717, 1.165) is 40.5 Å². The molecular formula is C20H19N5OS. The molecule has 1 aliphatic rings. The maximum Gasteiger partial charge on any atom is 0.225 e. The van der Waals surface area contributed by atoms with Crippen molar-refractivity contribution in [3.05, 3.63) is 58.5 Å². The van der Waals surface area contributed by atoms with Gasteiger partial charge in [0.25, 0.3) is 0 Å². The molecule has 0 spiro atoms. The van der Waals surface area contributed by atoms with Crippen molar-refractivity contribution in [1.29, 1.82) is 5.26 Å². The van der Waals surface area contributed by atoms with E-state index in [1.807, 2.05) is 41.8 Å². The van der Waals surface area contributed by atoms with E-state index in [-0.39, 0.29) is 11.8 Å². The Labute approximate surface area is 161 Å². The Morgan fingerprint density at radius 2 is 2.26 bits per heavy atom. The minimum absolute atomic E-state index is 0.0501. The Bertz CT molecular complexity index is 1030. The summed E-state index contributed by atoms with van der Waals surface area (Å²) in [6, 6.07) is 14.0. The van der Waals surface area contributed by atoms with Crippen molar-refractivity contribution in [2.24, 2.45) is 5.92 Å². The Morgan fingerprint density at radius 1 is 1.37 bits per heavy atom. The van der Waals surface area contributed by atoms with Crippen LogP contribution >= 0.6 is 11.3 Å². The van der Waals surface area contributed by atoms with Crippen LogP contribution in [0.1, 0.15) is 28.5 Å². The number of carbonyl (C=O) groups excluding carboxylic acids is 1. The van der Waals surface area contributed by atoms with Crippen molar-refractivity contribution in [3.8, 4) is 16.5 Å². The van der Waals surface area contributed by atoms with E-state index in [2.05, 4.69) is 27.6 Å². The molecule has 136 valence electrons. The van der Waals surface area contributed by atoms with Crippen LogP contribution in [0.2, 0.25) is 0 Å². The number of amides is 1. The van der Waals surface area contributed by atoms with Crippen molar-refractivity contribution in [2.75, 3.05) is 0 Å². The molecule has 2 aromatic heterocycles. The Hall–Kier alpha value is -2.98. The molecule has 6 nitrogen and oxygen atoms in total. The van der Waals surface area contributed by atoms with Crippen molar-refractivity contribution in [1.82, 2.24) is 20.1 Å². The molecule has 1 N–H and O–H groups in total. The normalized spacial score (nSPS) is 15.8. The molecule has 0 fully saturated rings. The molecule has 0 radical (unpaired) electrons. The van der Waals surface area contributed by atoms with Crippen LogP contribution in [-0.2, 0) is 24.3 Å². The zero-order chi connectivity index (χ0) is 18.8. The molecule has 1 aromatic carbocycles.